The molecule has 8 nitrogen and oxygen atoms in total. The monoisotopic (exact) mass is 540 g/mol. The third-order valence-electron chi connectivity index (χ3n) is 7.89. The number of halogens is 1. The second-order valence-corrected chi connectivity index (χ2v) is 11.8. The van der Waals surface area contributed by atoms with Crippen molar-refractivity contribution in [2.45, 2.75) is 50.2 Å². The van der Waals surface area contributed by atoms with Gasteiger partial charge in [0.1, 0.15) is 0 Å². The standard InChI is InChI=1S/C27H29ClN4O4S/c28-17-8-16-2-1-7-31(18-11-27(14-33,15-34)30-12-18)25(16)21(9-17)20-5-6-29-22-10-19(37-26(20)22)13-32-23(35)3-4-24(32)36/h5-6,8-10,18,30,33-34H,1-4,7,11-15H2/t18-/m0/s1. The number of nitrogens with zero attached hydrogens (tertiary/aromatic N) is 3. The van der Waals surface area contributed by atoms with Gasteiger partial charge in [-0.15, -0.1) is 11.3 Å². The highest BCUT2D eigenvalue weighted by Crippen LogP contribution is 2.45. The maximum absolute atomic E-state index is 12.2. The van der Waals surface area contributed by atoms with Crippen LogP contribution in [0.25, 0.3) is 21.3 Å². The number of aromatic nitrogens is 1. The summed E-state index contributed by atoms with van der Waals surface area (Å²) in [5.41, 5.74) is 4.53. The number of hydrogen-bond acceptors (Lipinski definition) is 8. The van der Waals surface area contributed by atoms with E-state index in [4.69, 9.17) is 11.6 Å². The Kier molecular flexibility index (Phi) is 6.45. The number of fused-ring (bicyclic) bond motifs is 2. The first kappa shape index (κ1) is 24.8. The minimum atomic E-state index is -0.675. The van der Waals surface area contributed by atoms with Gasteiger partial charge in [0.15, 0.2) is 0 Å². The van der Waals surface area contributed by atoms with E-state index in [1.54, 1.807) is 17.5 Å². The van der Waals surface area contributed by atoms with Crippen LogP contribution in [0.2, 0.25) is 5.02 Å². The van der Waals surface area contributed by atoms with E-state index < -0.39 is 5.54 Å². The first-order valence-corrected chi connectivity index (χ1v) is 13.9. The summed E-state index contributed by atoms with van der Waals surface area (Å²) in [4.78, 5) is 33.6. The van der Waals surface area contributed by atoms with E-state index in [1.807, 2.05) is 24.3 Å². The van der Waals surface area contributed by atoms with Crippen molar-refractivity contribution in [2.75, 3.05) is 31.2 Å². The van der Waals surface area contributed by atoms with Crippen LogP contribution in [0.5, 0.6) is 0 Å². The zero-order valence-corrected chi connectivity index (χ0v) is 21.9. The molecule has 0 bridgehead atoms. The zero-order chi connectivity index (χ0) is 25.7. The van der Waals surface area contributed by atoms with Gasteiger partial charge in [0.2, 0.25) is 11.8 Å². The first-order chi connectivity index (χ1) is 17.9. The van der Waals surface area contributed by atoms with Crippen LogP contribution in [0, 0.1) is 0 Å². The molecule has 6 rings (SSSR count). The van der Waals surface area contributed by atoms with Crippen molar-refractivity contribution in [3.63, 3.8) is 0 Å². The van der Waals surface area contributed by atoms with Crippen LogP contribution < -0.4 is 10.2 Å². The number of thiophene rings is 1. The second kappa shape index (κ2) is 9.63. The summed E-state index contributed by atoms with van der Waals surface area (Å²) in [7, 11) is 0. The molecule has 0 saturated carbocycles. The van der Waals surface area contributed by atoms with Crippen molar-refractivity contribution in [1.82, 2.24) is 15.2 Å². The van der Waals surface area contributed by atoms with Gasteiger partial charge in [0.25, 0.3) is 0 Å². The first-order valence-electron chi connectivity index (χ1n) is 12.7. The predicted octanol–water partition coefficient (Wildman–Crippen LogP) is 3.10. The molecule has 37 heavy (non-hydrogen) atoms. The van der Waals surface area contributed by atoms with Crippen molar-refractivity contribution in [2.24, 2.45) is 0 Å². The topological polar surface area (TPSA) is 106 Å². The number of pyridine rings is 1. The van der Waals surface area contributed by atoms with E-state index in [2.05, 4.69) is 15.2 Å². The quantitative estimate of drug-likeness (QED) is 0.412. The molecule has 1 atom stereocenters. The van der Waals surface area contributed by atoms with E-state index in [0.29, 0.717) is 18.0 Å². The number of aliphatic hydroxyl groups excluding tert-OH is 2. The van der Waals surface area contributed by atoms with Gasteiger partial charge >= 0.3 is 0 Å². The van der Waals surface area contributed by atoms with Gasteiger partial charge in [0, 0.05) is 64.9 Å². The van der Waals surface area contributed by atoms with Gasteiger partial charge in [-0.1, -0.05) is 11.6 Å². The Bertz CT molecular complexity index is 1370. The maximum atomic E-state index is 12.2. The Hall–Kier alpha value is -2.56. The molecule has 2 aromatic heterocycles. The molecular formula is C27H29ClN4O4S. The molecule has 3 aromatic rings. The number of aryl methyl sites for hydroxylation is 1. The Morgan fingerprint density at radius 2 is 1.89 bits per heavy atom. The number of rotatable bonds is 6. The lowest BCUT2D eigenvalue weighted by molar-refractivity contribution is -0.138. The molecule has 2 amide bonds. The number of nitrogens with one attached hydrogen (secondary N) is 1. The summed E-state index contributed by atoms with van der Waals surface area (Å²) >= 11 is 8.20. The fourth-order valence-electron chi connectivity index (χ4n) is 5.98. The number of amides is 2. The highest BCUT2D eigenvalue weighted by molar-refractivity contribution is 7.19. The van der Waals surface area contributed by atoms with Crippen molar-refractivity contribution in [3.05, 3.63) is 45.9 Å². The average Bonchev–Trinajstić information content (AvgIpc) is 3.61. The summed E-state index contributed by atoms with van der Waals surface area (Å²) in [6.07, 6.45) is 4.92. The molecule has 3 aliphatic rings. The van der Waals surface area contributed by atoms with Crippen molar-refractivity contribution >= 4 is 50.7 Å². The third-order valence-corrected chi connectivity index (χ3v) is 9.25. The lowest BCUT2D eigenvalue weighted by Gasteiger charge is -2.38. The number of imide groups is 1. The van der Waals surface area contributed by atoms with Gasteiger partial charge in [-0.2, -0.15) is 0 Å². The lowest BCUT2D eigenvalue weighted by Crippen LogP contribution is -2.47. The van der Waals surface area contributed by atoms with E-state index in [9.17, 15) is 19.8 Å². The largest absolute Gasteiger partial charge is 0.394 e. The Morgan fingerprint density at radius 1 is 1.11 bits per heavy atom. The molecule has 0 radical (unpaired) electrons. The molecule has 3 N–H and O–H groups in total. The van der Waals surface area contributed by atoms with Gasteiger partial charge in [0.05, 0.1) is 35.5 Å². The molecule has 0 unspecified atom stereocenters. The minimum Gasteiger partial charge on any atom is -0.394 e. The number of benzene rings is 1. The molecule has 10 heteroatoms. The van der Waals surface area contributed by atoms with Crippen LogP contribution in [-0.2, 0) is 22.6 Å². The molecule has 3 aliphatic heterocycles. The normalized spacial score (nSPS) is 21.3. The Labute approximate surface area is 223 Å². The molecule has 1 aromatic carbocycles. The van der Waals surface area contributed by atoms with Gasteiger partial charge in [-0.3, -0.25) is 19.5 Å². The number of aliphatic hydroxyl groups is 2. The van der Waals surface area contributed by atoms with Gasteiger partial charge in [-0.05, 0) is 49.1 Å². The maximum Gasteiger partial charge on any atom is 0.230 e. The predicted molar refractivity (Wildman–Crippen MR) is 144 cm³/mol. The number of anilines is 1. The number of hydrogen-bond donors (Lipinski definition) is 3. The molecule has 2 fully saturated rings. The van der Waals surface area contributed by atoms with E-state index in [-0.39, 0.29) is 50.5 Å². The molecular weight excluding hydrogens is 512 g/mol. The SMILES string of the molecule is O=C1CCC(=O)N1Cc1cc2nccc(-c3cc(Cl)cc4c3N([C@@H]3CNC(CO)(CO)C3)CCC4)c2s1. The summed E-state index contributed by atoms with van der Waals surface area (Å²) in [6.45, 7) is 1.60. The van der Waals surface area contributed by atoms with Gasteiger partial charge in [-0.25, -0.2) is 0 Å². The highest BCUT2D eigenvalue weighted by atomic mass is 35.5. The van der Waals surface area contributed by atoms with Crippen molar-refractivity contribution in [1.29, 1.82) is 0 Å². The molecule has 2 saturated heterocycles. The van der Waals surface area contributed by atoms with E-state index in [1.165, 1.54) is 10.5 Å². The summed E-state index contributed by atoms with van der Waals surface area (Å²) in [5.74, 6) is -0.246. The number of likely N-dealkylation sites (tertiary alicyclic amines) is 1. The van der Waals surface area contributed by atoms with E-state index >= 15 is 0 Å². The van der Waals surface area contributed by atoms with Crippen LogP contribution in [0.1, 0.15) is 36.1 Å². The van der Waals surface area contributed by atoms with Crippen molar-refractivity contribution in [3.8, 4) is 11.1 Å². The minimum absolute atomic E-state index is 0.112. The lowest BCUT2D eigenvalue weighted by atomic mass is 9.91. The van der Waals surface area contributed by atoms with Crippen LogP contribution in [0.3, 0.4) is 0 Å². The summed E-state index contributed by atoms with van der Waals surface area (Å²) < 4.78 is 0.996. The highest BCUT2D eigenvalue weighted by Gasteiger charge is 2.41. The smallest absolute Gasteiger partial charge is 0.230 e. The molecule has 0 spiro atoms. The number of carbonyl (C=O) groups is 2. The zero-order valence-electron chi connectivity index (χ0n) is 20.4. The van der Waals surface area contributed by atoms with Crippen LogP contribution in [0.4, 0.5) is 5.69 Å². The summed E-state index contributed by atoms with van der Waals surface area (Å²) in [5, 5.41) is 23.9. The fraction of sp³-hybridized carbons (Fsp3) is 0.444. The molecule has 5 heterocycles. The molecule has 0 aliphatic carbocycles. The molecule has 194 valence electrons. The number of carbonyl (C=O) groups excluding carboxylic acids is 2. The fourth-order valence-corrected chi connectivity index (χ4v) is 7.35. The van der Waals surface area contributed by atoms with Crippen molar-refractivity contribution < 1.29 is 19.8 Å². The van der Waals surface area contributed by atoms with Crippen LogP contribution in [0.15, 0.2) is 30.5 Å². The Balaban J connectivity index is 1.42. The third kappa shape index (κ3) is 4.32. The van der Waals surface area contributed by atoms with Crippen LogP contribution in [-0.4, -0.2) is 69.8 Å². The van der Waals surface area contributed by atoms with E-state index in [0.717, 1.165) is 51.3 Å². The second-order valence-electron chi connectivity index (χ2n) is 10.3. The van der Waals surface area contributed by atoms with Gasteiger partial charge < -0.3 is 20.4 Å². The summed E-state index contributed by atoms with van der Waals surface area (Å²) in [6, 6.07) is 8.15. The average molecular weight is 541 g/mol. The Morgan fingerprint density at radius 3 is 2.62 bits per heavy atom. The van der Waals surface area contributed by atoms with Crippen LogP contribution >= 0.6 is 22.9 Å².